The van der Waals surface area contributed by atoms with Crippen LogP contribution in [0.3, 0.4) is 0 Å². The van der Waals surface area contributed by atoms with E-state index < -0.39 is 12.4 Å². The monoisotopic (exact) mass is 325 g/mol. The lowest BCUT2D eigenvalue weighted by Crippen LogP contribution is -2.21. The van der Waals surface area contributed by atoms with Gasteiger partial charge in [-0.2, -0.15) is 0 Å². The first-order valence-corrected chi connectivity index (χ1v) is 6.29. The van der Waals surface area contributed by atoms with Crippen molar-refractivity contribution in [2.45, 2.75) is 32.7 Å². The third-order valence-electron chi connectivity index (χ3n) is 2.32. The van der Waals surface area contributed by atoms with Gasteiger partial charge in [0, 0.05) is 16.1 Å². The Bertz CT molecular complexity index is 407. The second-order valence-corrected chi connectivity index (χ2v) is 5.38. The van der Waals surface area contributed by atoms with E-state index in [1.165, 1.54) is 12.1 Å². The van der Waals surface area contributed by atoms with E-state index in [-0.39, 0.29) is 11.7 Å². The van der Waals surface area contributed by atoms with Crippen molar-refractivity contribution in [3.8, 4) is 5.75 Å². The van der Waals surface area contributed by atoms with Gasteiger partial charge in [-0.15, -0.1) is 13.2 Å². The first-order chi connectivity index (χ1) is 8.19. The van der Waals surface area contributed by atoms with E-state index in [9.17, 15) is 13.2 Å². The molecular weight excluding hydrogens is 311 g/mol. The zero-order valence-corrected chi connectivity index (χ0v) is 11.7. The number of benzene rings is 1. The fourth-order valence-electron chi connectivity index (χ4n) is 1.66. The summed E-state index contributed by atoms with van der Waals surface area (Å²) in [5, 5.41) is 0. The van der Waals surface area contributed by atoms with Gasteiger partial charge in [-0.25, -0.2) is 0 Å². The maximum Gasteiger partial charge on any atom is 0.573 e. The van der Waals surface area contributed by atoms with Crippen LogP contribution in [-0.2, 0) is 0 Å². The van der Waals surface area contributed by atoms with Gasteiger partial charge in [0.15, 0.2) is 0 Å². The number of hydrogen-bond donors (Lipinski definition) is 1. The largest absolute Gasteiger partial charge is 0.573 e. The van der Waals surface area contributed by atoms with Crippen LogP contribution in [-0.4, -0.2) is 6.36 Å². The summed E-state index contributed by atoms with van der Waals surface area (Å²) in [6.07, 6.45) is -4.12. The molecule has 0 unspecified atom stereocenters. The van der Waals surface area contributed by atoms with Crippen molar-refractivity contribution >= 4 is 15.9 Å². The van der Waals surface area contributed by atoms with Crippen LogP contribution in [0.2, 0.25) is 0 Å². The van der Waals surface area contributed by atoms with Crippen LogP contribution in [0.25, 0.3) is 0 Å². The van der Waals surface area contributed by atoms with Gasteiger partial charge in [-0.3, -0.25) is 0 Å². The second kappa shape index (κ2) is 5.93. The molecule has 0 saturated heterocycles. The van der Waals surface area contributed by atoms with E-state index >= 15 is 0 Å². The first-order valence-electron chi connectivity index (χ1n) is 5.50. The summed E-state index contributed by atoms with van der Waals surface area (Å²) in [5.41, 5.74) is 6.27. The minimum atomic E-state index is -4.71. The van der Waals surface area contributed by atoms with Crippen LogP contribution in [0.15, 0.2) is 22.7 Å². The van der Waals surface area contributed by atoms with E-state index in [0.29, 0.717) is 16.5 Å². The van der Waals surface area contributed by atoms with Crippen molar-refractivity contribution in [3.05, 3.63) is 28.2 Å². The van der Waals surface area contributed by atoms with E-state index in [0.717, 1.165) is 0 Å². The second-order valence-electron chi connectivity index (χ2n) is 4.47. The van der Waals surface area contributed by atoms with E-state index in [1.54, 1.807) is 6.07 Å². The fourth-order valence-corrected chi connectivity index (χ4v) is 2.04. The van der Waals surface area contributed by atoms with Crippen LogP contribution in [0.1, 0.15) is 31.9 Å². The average molecular weight is 326 g/mol. The van der Waals surface area contributed by atoms with Gasteiger partial charge in [0.2, 0.25) is 0 Å². The summed E-state index contributed by atoms with van der Waals surface area (Å²) in [4.78, 5) is 0. The van der Waals surface area contributed by atoms with E-state index in [2.05, 4.69) is 20.7 Å². The zero-order valence-electron chi connectivity index (χ0n) is 10.1. The summed E-state index contributed by atoms with van der Waals surface area (Å²) in [6, 6.07) is 3.84. The standard InChI is InChI=1S/C12H15BrF3NO/c1-7(2)5-10(17)9-6-8(13)3-4-11(9)18-12(14,15)16/h3-4,6-7,10H,5,17H2,1-2H3/t10-/m1/s1. The summed E-state index contributed by atoms with van der Waals surface area (Å²) in [6.45, 7) is 3.92. The number of ether oxygens (including phenoxy) is 1. The maximum absolute atomic E-state index is 12.3. The molecule has 0 radical (unpaired) electrons. The summed E-state index contributed by atoms with van der Waals surface area (Å²) in [5.74, 6) is 0.0524. The molecule has 1 atom stereocenters. The van der Waals surface area contributed by atoms with Gasteiger partial charge < -0.3 is 10.5 Å². The number of halogens is 4. The highest BCUT2D eigenvalue weighted by atomic mass is 79.9. The maximum atomic E-state index is 12.3. The Kier molecular flexibility index (Phi) is 5.04. The van der Waals surface area contributed by atoms with E-state index in [1.807, 2.05) is 13.8 Å². The number of hydrogen-bond acceptors (Lipinski definition) is 2. The molecule has 18 heavy (non-hydrogen) atoms. The lowest BCUT2D eigenvalue weighted by molar-refractivity contribution is -0.275. The molecular formula is C12H15BrF3NO. The van der Waals surface area contributed by atoms with Gasteiger partial charge in [0.05, 0.1) is 0 Å². The summed E-state index contributed by atoms with van der Waals surface area (Å²) in [7, 11) is 0. The summed E-state index contributed by atoms with van der Waals surface area (Å²) >= 11 is 3.22. The SMILES string of the molecule is CC(C)C[C@@H](N)c1cc(Br)ccc1OC(F)(F)F. The smallest absolute Gasteiger partial charge is 0.405 e. The lowest BCUT2D eigenvalue weighted by Gasteiger charge is -2.19. The zero-order chi connectivity index (χ0) is 13.9. The van der Waals surface area contributed by atoms with Crippen LogP contribution in [0.5, 0.6) is 5.75 Å². The van der Waals surface area contributed by atoms with Crippen LogP contribution in [0, 0.1) is 5.92 Å². The Hall–Kier alpha value is -0.750. The van der Waals surface area contributed by atoms with E-state index in [4.69, 9.17) is 5.73 Å². The molecule has 0 aromatic heterocycles. The van der Waals surface area contributed by atoms with Gasteiger partial charge >= 0.3 is 6.36 Å². The molecule has 0 aliphatic rings. The molecule has 0 bridgehead atoms. The van der Waals surface area contributed by atoms with Crippen molar-refractivity contribution in [2.75, 3.05) is 0 Å². The third-order valence-corrected chi connectivity index (χ3v) is 2.82. The predicted molar refractivity (Wildman–Crippen MR) is 67.2 cm³/mol. The molecule has 6 heteroatoms. The van der Waals surface area contributed by atoms with Crippen molar-refractivity contribution in [2.24, 2.45) is 11.7 Å². The molecule has 0 amide bonds. The molecule has 0 aliphatic heterocycles. The Labute approximate surface area is 112 Å². The molecule has 1 rings (SSSR count). The van der Waals surface area contributed by atoms with Crippen LogP contribution in [0.4, 0.5) is 13.2 Å². The molecule has 2 N–H and O–H groups in total. The van der Waals surface area contributed by atoms with Crippen molar-refractivity contribution in [3.63, 3.8) is 0 Å². The predicted octanol–water partition coefficient (Wildman–Crippen LogP) is 4.39. The molecule has 0 fully saturated rings. The third kappa shape index (κ3) is 4.86. The topological polar surface area (TPSA) is 35.2 Å². The Morgan fingerprint density at radius 2 is 1.94 bits per heavy atom. The molecule has 2 nitrogen and oxygen atoms in total. The lowest BCUT2D eigenvalue weighted by atomic mass is 9.97. The molecule has 0 spiro atoms. The number of rotatable bonds is 4. The highest BCUT2D eigenvalue weighted by Crippen LogP contribution is 2.33. The molecule has 0 saturated carbocycles. The van der Waals surface area contributed by atoms with Gasteiger partial charge in [0.1, 0.15) is 5.75 Å². The highest BCUT2D eigenvalue weighted by molar-refractivity contribution is 9.10. The fraction of sp³-hybridized carbons (Fsp3) is 0.500. The molecule has 102 valence electrons. The first kappa shape index (κ1) is 15.3. The number of alkyl halides is 3. The Morgan fingerprint density at radius 3 is 2.44 bits per heavy atom. The normalized spacial score (nSPS) is 13.8. The molecule has 0 aliphatic carbocycles. The van der Waals surface area contributed by atoms with Gasteiger partial charge in [0.25, 0.3) is 0 Å². The Balaban J connectivity index is 3.03. The molecule has 1 aromatic carbocycles. The average Bonchev–Trinajstić information content (AvgIpc) is 2.17. The Morgan fingerprint density at radius 1 is 1.33 bits per heavy atom. The van der Waals surface area contributed by atoms with Gasteiger partial charge in [-0.05, 0) is 30.5 Å². The van der Waals surface area contributed by atoms with Crippen molar-refractivity contribution in [1.82, 2.24) is 0 Å². The van der Waals surface area contributed by atoms with Crippen LogP contribution < -0.4 is 10.5 Å². The van der Waals surface area contributed by atoms with Gasteiger partial charge in [-0.1, -0.05) is 29.8 Å². The number of nitrogens with two attached hydrogens (primary N) is 1. The minimum absolute atomic E-state index is 0.237. The molecule has 1 aromatic rings. The highest BCUT2D eigenvalue weighted by Gasteiger charge is 2.32. The van der Waals surface area contributed by atoms with Crippen LogP contribution >= 0.6 is 15.9 Å². The van der Waals surface area contributed by atoms with Crippen molar-refractivity contribution in [1.29, 1.82) is 0 Å². The minimum Gasteiger partial charge on any atom is -0.405 e. The molecule has 0 heterocycles. The van der Waals surface area contributed by atoms with Crippen molar-refractivity contribution < 1.29 is 17.9 Å². The summed E-state index contributed by atoms with van der Waals surface area (Å²) < 4.78 is 41.5. The quantitative estimate of drug-likeness (QED) is 0.890.